The molecule has 24 heavy (non-hydrogen) atoms. The molecule has 0 amide bonds. The van der Waals surface area contributed by atoms with E-state index < -0.39 is 0 Å². The van der Waals surface area contributed by atoms with Gasteiger partial charge >= 0.3 is 0 Å². The summed E-state index contributed by atoms with van der Waals surface area (Å²) in [6.45, 7) is 5.36. The largest absolute Gasteiger partial charge is 0.295 e. The topological polar surface area (TPSA) is 3.24 Å². The monoisotopic (exact) mass is 313 g/mol. The molecule has 0 aromatic heterocycles. The van der Waals surface area contributed by atoms with E-state index in [-0.39, 0.29) is 0 Å². The van der Waals surface area contributed by atoms with Crippen LogP contribution in [-0.4, -0.2) is 18.0 Å². The summed E-state index contributed by atoms with van der Waals surface area (Å²) in [5.41, 5.74) is 5.59. The zero-order valence-corrected chi connectivity index (χ0v) is 14.2. The maximum absolute atomic E-state index is 2.52. The molecule has 3 aromatic rings. The van der Waals surface area contributed by atoms with E-state index in [2.05, 4.69) is 84.6 Å². The minimum Gasteiger partial charge on any atom is -0.295 e. The first-order valence-electron chi connectivity index (χ1n) is 8.74. The normalized spacial score (nSPS) is 15.5. The Morgan fingerprint density at radius 2 is 1.67 bits per heavy atom. The lowest BCUT2D eigenvalue weighted by Crippen LogP contribution is -2.27. The third-order valence-corrected chi connectivity index (χ3v) is 4.91. The minimum absolute atomic E-state index is 1.04. The summed E-state index contributed by atoms with van der Waals surface area (Å²) in [5.74, 6) is 0. The fraction of sp³-hybridized carbons (Fsp3) is 0.217. The van der Waals surface area contributed by atoms with Crippen molar-refractivity contribution in [3.05, 3.63) is 89.5 Å². The molecule has 0 fully saturated rings. The highest BCUT2D eigenvalue weighted by atomic mass is 15.1. The van der Waals surface area contributed by atoms with Gasteiger partial charge in [-0.15, -0.1) is 0 Å². The molecule has 0 aliphatic carbocycles. The van der Waals surface area contributed by atoms with Crippen molar-refractivity contribution >= 4 is 16.3 Å². The molecule has 0 unspecified atom stereocenters. The van der Waals surface area contributed by atoms with Crippen molar-refractivity contribution in [1.29, 1.82) is 0 Å². The molecule has 120 valence electrons. The average molecular weight is 313 g/mol. The Morgan fingerprint density at radius 1 is 0.875 bits per heavy atom. The van der Waals surface area contributed by atoms with Crippen molar-refractivity contribution in [3.63, 3.8) is 0 Å². The minimum atomic E-state index is 1.04. The molecule has 0 saturated carbocycles. The molecule has 1 nitrogen and oxygen atoms in total. The second-order valence-electron chi connectivity index (χ2n) is 6.77. The number of benzene rings is 3. The van der Waals surface area contributed by atoms with Crippen LogP contribution in [-0.2, 0) is 6.54 Å². The lowest BCUT2D eigenvalue weighted by atomic mass is 9.96. The van der Waals surface area contributed by atoms with Gasteiger partial charge in [0.1, 0.15) is 0 Å². The Morgan fingerprint density at radius 3 is 2.46 bits per heavy atom. The van der Waals surface area contributed by atoms with Crippen LogP contribution < -0.4 is 0 Å². The summed E-state index contributed by atoms with van der Waals surface area (Å²) < 4.78 is 0. The van der Waals surface area contributed by atoms with E-state index >= 15 is 0 Å². The maximum atomic E-state index is 2.52. The van der Waals surface area contributed by atoms with Crippen molar-refractivity contribution in [2.24, 2.45) is 0 Å². The zero-order chi connectivity index (χ0) is 16.4. The Kier molecular flexibility index (Phi) is 4.18. The van der Waals surface area contributed by atoms with Gasteiger partial charge in [-0.05, 0) is 46.9 Å². The number of aryl methyl sites for hydroxylation is 1. The summed E-state index contributed by atoms with van der Waals surface area (Å²) in [7, 11) is 0. The number of rotatable bonds is 3. The summed E-state index contributed by atoms with van der Waals surface area (Å²) in [4.78, 5) is 2.52. The molecule has 0 N–H and O–H groups in total. The van der Waals surface area contributed by atoms with Gasteiger partial charge in [0.2, 0.25) is 0 Å². The van der Waals surface area contributed by atoms with Gasteiger partial charge in [-0.25, -0.2) is 0 Å². The quantitative estimate of drug-likeness (QED) is 0.622. The Balaban J connectivity index is 1.50. The van der Waals surface area contributed by atoms with Gasteiger partial charge in [-0.2, -0.15) is 0 Å². The van der Waals surface area contributed by atoms with Crippen LogP contribution in [0.5, 0.6) is 0 Å². The molecule has 1 heteroatoms. The maximum Gasteiger partial charge on any atom is 0.0237 e. The third kappa shape index (κ3) is 3.27. The van der Waals surface area contributed by atoms with E-state index in [0.29, 0.717) is 0 Å². The van der Waals surface area contributed by atoms with Crippen LogP contribution in [0, 0.1) is 6.92 Å². The molecule has 0 bridgehead atoms. The Bertz CT molecular complexity index is 877. The molecule has 1 aliphatic rings. The van der Waals surface area contributed by atoms with Crippen molar-refractivity contribution in [1.82, 2.24) is 4.90 Å². The van der Waals surface area contributed by atoms with Crippen molar-refractivity contribution in [2.45, 2.75) is 19.9 Å². The first-order valence-corrected chi connectivity index (χ1v) is 8.74. The standard InChI is InChI=1S/C23H23N/c1-18-7-8-23-16-22(10-9-21(23)15-18)20-11-13-24(14-12-20)17-19-5-3-2-4-6-19/h2-11,15-16H,12-14,17H2,1H3. The van der Waals surface area contributed by atoms with E-state index in [1.54, 1.807) is 0 Å². The van der Waals surface area contributed by atoms with Gasteiger partial charge in [-0.1, -0.05) is 72.3 Å². The van der Waals surface area contributed by atoms with Gasteiger partial charge in [0.05, 0.1) is 0 Å². The summed E-state index contributed by atoms with van der Waals surface area (Å²) in [6, 6.07) is 24.3. The molecule has 3 aromatic carbocycles. The smallest absolute Gasteiger partial charge is 0.0237 e. The summed E-state index contributed by atoms with van der Waals surface area (Å²) in [6.07, 6.45) is 3.53. The van der Waals surface area contributed by atoms with E-state index in [1.807, 2.05) is 0 Å². The van der Waals surface area contributed by atoms with E-state index in [1.165, 1.54) is 33.0 Å². The highest BCUT2D eigenvalue weighted by Crippen LogP contribution is 2.26. The SMILES string of the molecule is Cc1ccc2cc(C3=CCN(Cc4ccccc4)CC3)ccc2c1. The molecule has 1 aliphatic heterocycles. The Hall–Kier alpha value is -2.38. The molecular formula is C23H23N. The fourth-order valence-corrected chi connectivity index (χ4v) is 3.52. The molecular weight excluding hydrogens is 290 g/mol. The molecule has 1 heterocycles. The predicted octanol–water partition coefficient (Wildman–Crippen LogP) is 5.44. The Labute approximate surface area is 144 Å². The number of nitrogens with zero attached hydrogens (tertiary/aromatic N) is 1. The lowest BCUT2D eigenvalue weighted by Gasteiger charge is -2.26. The molecule has 0 spiro atoms. The van der Waals surface area contributed by atoms with Crippen molar-refractivity contribution < 1.29 is 0 Å². The molecule has 0 saturated heterocycles. The molecule has 4 rings (SSSR count). The van der Waals surface area contributed by atoms with Crippen LogP contribution in [0.1, 0.15) is 23.1 Å². The molecule has 0 radical (unpaired) electrons. The lowest BCUT2D eigenvalue weighted by molar-refractivity contribution is 0.294. The van der Waals surface area contributed by atoms with Crippen molar-refractivity contribution in [2.75, 3.05) is 13.1 Å². The fourth-order valence-electron chi connectivity index (χ4n) is 3.52. The zero-order valence-electron chi connectivity index (χ0n) is 14.2. The van der Waals surface area contributed by atoms with Gasteiger partial charge in [-0.3, -0.25) is 4.90 Å². The van der Waals surface area contributed by atoms with E-state index in [9.17, 15) is 0 Å². The van der Waals surface area contributed by atoms with Gasteiger partial charge in [0.15, 0.2) is 0 Å². The van der Waals surface area contributed by atoms with Crippen molar-refractivity contribution in [3.8, 4) is 0 Å². The van der Waals surface area contributed by atoms with Crippen LogP contribution in [0.4, 0.5) is 0 Å². The van der Waals surface area contributed by atoms with Gasteiger partial charge in [0.25, 0.3) is 0 Å². The number of fused-ring (bicyclic) bond motifs is 1. The number of hydrogen-bond acceptors (Lipinski definition) is 1. The predicted molar refractivity (Wildman–Crippen MR) is 103 cm³/mol. The summed E-state index contributed by atoms with van der Waals surface area (Å²) >= 11 is 0. The van der Waals surface area contributed by atoms with E-state index in [0.717, 1.165) is 26.1 Å². The first-order chi connectivity index (χ1) is 11.8. The second kappa shape index (κ2) is 6.62. The summed E-state index contributed by atoms with van der Waals surface area (Å²) in [5, 5.41) is 2.67. The third-order valence-electron chi connectivity index (χ3n) is 4.91. The van der Waals surface area contributed by atoms with Crippen LogP contribution >= 0.6 is 0 Å². The van der Waals surface area contributed by atoms with Gasteiger partial charge in [0, 0.05) is 19.6 Å². The van der Waals surface area contributed by atoms with Crippen LogP contribution in [0.25, 0.3) is 16.3 Å². The van der Waals surface area contributed by atoms with Crippen LogP contribution in [0.15, 0.2) is 72.8 Å². The van der Waals surface area contributed by atoms with Crippen LogP contribution in [0.3, 0.4) is 0 Å². The highest BCUT2D eigenvalue weighted by molar-refractivity contribution is 5.87. The average Bonchev–Trinajstić information content (AvgIpc) is 2.63. The van der Waals surface area contributed by atoms with Gasteiger partial charge < -0.3 is 0 Å². The van der Waals surface area contributed by atoms with Crippen LogP contribution in [0.2, 0.25) is 0 Å². The first kappa shape index (κ1) is 15.2. The second-order valence-corrected chi connectivity index (χ2v) is 6.77. The highest BCUT2D eigenvalue weighted by Gasteiger charge is 2.13. The number of hydrogen-bond donors (Lipinski definition) is 0. The molecule has 0 atom stereocenters. The van der Waals surface area contributed by atoms with E-state index in [4.69, 9.17) is 0 Å².